The number of carboxylic acid groups (broad SMARTS) is 1. The van der Waals surface area contributed by atoms with E-state index in [0.717, 1.165) is 11.8 Å². The van der Waals surface area contributed by atoms with E-state index >= 15 is 0 Å². The molecule has 0 aliphatic rings. The number of nitrogens with one attached hydrogen (secondary N) is 1. The Morgan fingerprint density at radius 3 is 2.11 bits per heavy atom. The Kier molecular flexibility index (Phi) is 13.9. The van der Waals surface area contributed by atoms with Crippen LogP contribution in [-0.4, -0.2) is 30.5 Å². The van der Waals surface area contributed by atoms with Gasteiger partial charge in [0.25, 0.3) is 0 Å². The van der Waals surface area contributed by atoms with Gasteiger partial charge in [-0.1, -0.05) is 44.2 Å². The largest absolute Gasteiger partial charge is 0.480 e. The van der Waals surface area contributed by atoms with Crippen molar-refractivity contribution in [1.82, 2.24) is 5.32 Å². The number of carbonyl (C=O) groups is 2. The van der Waals surface area contributed by atoms with Gasteiger partial charge in [0, 0.05) is 0 Å². The molecule has 1 atom stereocenters. The summed E-state index contributed by atoms with van der Waals surface area (Å²) in [6.45, 7) is 5.44. The molecule has 4 nitrogen and oxygen atoms in total. The molecular formula is C14H23NO3. The molecule has 0 amide bonds. The van der Waals surface area contributed by atoms with Gasteiger partial charge in [-0.15, -0.1) is 0 Å². The SMILES string of the molecule is CC.CC=O.CNC(Cc1ccccc1)C(=O)O. The van der Waals surface area contributed by atoms with E-state index in [2.05, 4.69) is 5.32 Å². The van der Waals surface area contributed by atoms with Crippen LogP contribution in [0.3, 0.4) is 0 Å². The fourth-order valence-electron chi connectivity index (χ4n) is 1.16. The third-order valence-corrected chi connectivity index (χ3v) is 1.93. The van der Waals surface area contributed by atoms with Crippen LogP contribution in [0.2, 0.25) is 0 Å². The first kappa shape index (κ1) is 18.7. The summed E-state index contributed by atoms with van der Waals surface area (Å²) in [6.07, 6.45) is 1.27. The lowest BCUT2D eigenvalue weighted by Gasteiger charge is -2.10. The number of likely N-dealkylation sites (N-methyl/N-ethyl adjacent to an activating group) is 1. The average Bonchev–Trinajstić information content (AvgIpc) is 2.40. The van der Waals surface area contributed by atoms with Crippen LogP contribution in [-0.2, 0) is 16.0 Å². The summed E-state index contributed by atoms with van der Waals surface area (Å²) < 4.78 is 0. The van der Waals surface area contributed by atoms with Crippen LogP contribution in [0.5, 0.6) is 0 Å². The molecule has 18 heavy (non-hydrogen) atoms. The van der Waals surface area contributed by atoms with Crippen molar-refractivity contribution in [3.63, 3.8) is 0 Å². The van der Waals surface area contributed by atoms with Crippen molar-refractivity contribution in [3.05, 3.63) is 35.9 Å². The van der Waals surface area contributed by atoms with E-state index in [4.69, 9.17) is 9.90 Å². The molecule has 0 aliphatic heterocycles. The summed E-state index contributed by atoms with van der Waals surface area (Å²) in [7, 11) is 1.65. The minimum absolute atomic E-state index is 0.498. The number of hydrogen-bond acceptors (Lipinski definition) is 3. The highest BCUT2D eigenvalue weighted by Gasteiger charge is 2.14. The number of hydrogen-bond donors (Lipinski definition) is 2. The van der Waals surface area contributed by atoms with Crippen LogP contribution in [0.1, 0.15) is 26.3 Å². The number of aldehydes is 1. The fourth-order valence-corrected chi connectivity index (χ4v) is 1.16. The van der Waals surface area contributed by atoms with E-state index in [0.29, 0.717) is 6.42 Å². The predicted molar refractivity (Wildman–Crippen MR) is 73.7 cm³/mol. The molecule has 0 aliphatic carbocycles. The summed E-state index contributed by atoms with van der Waals surface area (Å²) in [5.74, 6) is -0.814. The topological polar surface area (TPSA) is 66.4 Å². The van der Waals surface area contributed by atoms with Crippen molar-refractivity contribution in [2.45, 2.75) is 33.2 Å². The van der Waals surface area contributed by atoms with Crippen molar-refractivity contribution in [1.29, 1.82) is 0 Å². The third-order valence-electron chi connectivity index (χ3n) is 1.93. The summed E-state index contributed by atoms with van der Waals surface area (Å²) >= 11 is 0. The highest BCUT2D eigenvalue weighted by atomic mass is 16.4. The zero-order valence-corrected chi connectivity index (χ0v) is 11.5. The molecule has 0 saturated carbocycles. The molecule has 1 aromatic rings. The van der Waals surface area contributed by atoms with Gasteiger partial charge in [0.1, 0.15) is 12.3 Å². The smallest absolute Gasteiger partial charge is 0.321 e. The maximum atomic E-state index is 10.7. The molecule has 102 valence electrons. The molecule has 0 bridgehead atoms. The van der Waals surface area contributed by atoms with E-state index in [1.54, 1.807) is 7.05 Å². The minimum atomic E-state index is -0.814. The van der Waals surface area contributed by atoms with Crippen molar-refractivity contribution < 1.29 is 14.7 Å². The van der Waals surface area contributed by atoms with Crippen molar-refractivity contribution in [3.8, 4) is 0 Å². The van der Waals surface area contributed by atoms with Gasteiger partial charge in [-0.25, -0.2) is 0 Å². The second kappa shape index (κ2) is 13.4. The summed E-state index contributed by atoms with van der Waals surface area (Å²) in [6, 6.07) is 9.08. The maximum Gasteiger partial charge on any atom is 0.321 e. The van der Waals surface area contributed by atoms with E-state index in [1.165, 1.54) is 6.92 Å². The number of carbonyl (C=O) groups excluding carboxylic acids is 1. The molecule has 4 heteroatoms. The molecule has 0 spiro atoms. The van der Waals surface area contributed by atoms with Crippen LogP contribution >= 0.6 is 0 Å². The fraction of sp³-hybridized carbons (Fsp3) is 0.429. The van der Waals surface area contributed by atoms with E-state index < -0.39 is 12.0 Å². The number of rotatable bonds is 4. The molecule has 1 unspecified atom stereocenters. The lowest BCUT2D eigenvalue weighted by Crippen LogP contribution is -2.35. The highest BCUT2D eigenvalue weighted by Crippen LogP contribution is 2.02. The number of aliphatic carboxylic acids is 1. The van der Waals surface area contributed by atoms with Gasteiger partial charge in [-0.05, 0) is 26.0 Å². The molecule has 0 heterocycles. The second-order valence-corrected chi connectivity index (χ2v) is 3.10. The summed E-state index contributed by atoms with van der Waals surface area (Å²) in [5.41, 5.74) is 1.03. The Hall–Kier alpha value is -1.68. The summed E-state index contributed by atoms with van der Waals surface area (Å²) in [5, 5.41) is 11.5. The monoisotopic (exact) mass is 253 g/mol. The van der Waals surface area contributed by atoms with Crippen molar-refractivity contribution in [2.75, 3.05) is 7.05 Å². The van der Waals surface area contributed by atoms with Gasteiger partial charge >= 0.3 is 5.97 Å². The first-order valence-corrected chi connectivity index (χ1v) is 5.99. The molecule has 0 saturated heterocycles. The first-order valence-electron chi connectivity index (χ1n) is 5.99. The van der Waals surface area contributed by atoms with Crippen molar-refractivity contribution >= 4 is 12.3 Å². The predicted octanol–water partition coefficient (Wildman–Crippen LogP) is 2.13. The van der Waals surface area contributed by atoms with Crippen LogP contribution in [0.25, 0.3) is 0 Å². The van der Waals surface area contributed by atoms with E-state index in [9.17, 15) is 4.79 Å². The zero-order chi connectivity index (χ0) is 14.4. The van der Waals surface area contributed by atoms with Gasteiger partial charge < -0.3 is 15.2 Å². The lowest BCUT2D eigenvalue weighted by atomic mass is 10.1. The van der Waals surface area contributed by atoms with Gasteiger partial charge in [0.15, 0.2) is 0 Å². The Morgan fingerprint density at radius 2 is 1.78 bits per heavy atom. The Labute approximate surface area is 109 Å². The third kappa shape index (κ3) is 9.54. The molecule has 1 rings (SSSR count). The van der Waals surface area contributed by atoms with Crippen LogP contribution < -0.4 is 5.32 Å². The molecule has 0 aromatic heterocycles. The van der Waals surface area contributed by atoms with Crippen LogP contribution in [0.4, 0.5) is 0 Å². The van der Waals surface area contributed by atoms with Crippen LogP contribution in [0, 0.1) is 0 Å². The average molecular weight is 253 g/mol. The molecule has 0 radical (unpaired) electrons. The van der Waals surface area contributed by atoms with Crippen LogP contribution in [0.15, 0.2) is 30.3 Å². The molecule has 2 N–H and O–H groups in total. The molecule has 0 fully saturated rings. The second-order valence-electron chi connectivity index (χ2n) is 3.10. The summed E-state index contributed by atoms with van der Waals surface area (Å²) in [4.78, 5) is 19.5. The standard InChI is InChI=1S/C10H13NO2.C2H4O.C2H6/c1-11-9(10(12)13)7-8-5-3-2-4-6-8;1-2-3;1-2/h2-6,9,11H,7H2,1H3,(H,12,13);2H,1H3;1-2H3. The Morgan fingerprint density at radius 1 is 1.33 bits per heavy atom. The molecule has 1 aromatic carbocycles. The lowest BCUT2D eigenvalue weighted by molar-refractivity contribution is -0.139. The van der Waals surface area contributed by atoms with Crippen molar-refractivity contribution in [2.24, 2.45) is 0 Å². The van der Waals surface area contributed by atoms with Gasteiger partial charge in [0.05, 0.1) is 0 Å². The van der Waals surface area contributed by atoms with Gasteiger partial charge in [0.2, 0.25) is 0 Å². The number of benzene rings is 1. The quantitative estimate of drug-likeness (QED) is 0.807. The highest BCUT2D eigenvalue weighted by molar-refractivity contribution is 5.73. The number of carboxylic acids is 1. The Bertz CT molecular complexity index is 312. The normalized spacial score (nSPS) is 10.0. The molecular weight excluding hydrogens is 230 g/mol. The van der Waals surface area contributed by atoms with E-state index in [1.807, 2.05) is 44.2 Å². The van der Waals surface area contributed by atoms with Gasteiger partial charge in [-0.2, -0.15) is 0 Å². The Balaban J connectivity index is 0. The van der Waals surface area contributed by atoms with Gasteiger partial charge in [-0.3, -0.25) is 4.79 Å². The zero-order valence-electron chi connectivity index (χ0n) is 11.5. The first-order chi connectivity index (χ1) is 8.65. The minimum Gasteiger partial charge on any atom is -0.480 e. The van der Waals surface area contributed by atoms with E-state index in [-0.39, 0.29) is 0 Å². The maximum absolute atomic E-state index is 10.7.